The van der Waals surface area contributed by atoms with Crippen molar-refractivity contribution in [3.63, 3.8) is 0 Å². The van der Waals surface area contributed by atoms with Crippen LogP contribution < -0.4 is 5.32 Å². The van der Waals surface area contributed by atoms with E-state index in [-0.39, 0.29) is 17.2 Å². The Hall–Kier alpha value is -2.72. The molecule has 2 aromatic rings. The van der Waals surface area contributed by atoms with Crippen molar-refractivity contribution in [2.45, 2.75) is 6.54 Å². The first-order valence-electron chi connectivity index (χ1n) is 5.56. The third kappa shape index (κ3) is 3.18. The van der Waals surface area contributed by atoms with Crippen LogP contribution in [0.4, 0.5) is 0 Å². The van der Waals surface area contributed by atoms with Crippen LogP contribution in [0.3, 0.4) is 0 Å². The van der Waals surface area contributed by atoms with E-state index in [4.69, 9.17) is 10.4 Å². The van der Waals surface area contributed by atoms with Crippen molar-refractivity contribution in [1.82, 2.24) is 10.3 Å². The summed E-state index contributed by atoms with van der Waals surface area (Å²) in [6.07, 6.45) is 0. The Kier molecular flexibility index (Phi) is 4.08. The number of carboxylic acids is 1. The SMILES string of the molecule is N#Cc1ccc(CNC(=O)c2nc(C(=O)O)cs2)cc1. The molecule has 0 unspecified atom stereocenters. The van der Waals surface area contributed by atoms with Crippen LogP contribution in [-0.4, -0.2) is 22.0 Å². The molecule has 1 amide bonds. The number of nitriles is 1. The van der Waals surface area contributed by atoms with Crippen LogP contribution in [0.25, 0.3) is 0 Å². The van der Waals surface area contributed by atoms with Gasteiger partial charge in [0.25, 0.3) is 5.91 Å². The molecule has 1 aromatic carbocycles. The molecule has 2 rings (SSSR count). The minimum atomic E-state index is -1.16. The van der Waals surface area contributed by atoms with Gasteiger partial charge in [-0.25, -0.2) is 9.78 Å². The van der Waals surface area contributed by atoms with E-state index < -0.39 is 11.9 Å². The first-order valence-corrected chi connectivity index (χ1v) is 6.44. The summed E-state index contributed by atoms with van der Waals surface area (Å²) in [4.78, 5) is 26.1. The number of nitrogens with zero attached hydrogens (tertiary/aromatic N) is 2. The van der Waals surface area contributed by atoms with Crippen LogP contribution in [0.2, 0.25) is 0 Å². The fourth-order valence-corrected chi connectivity index (χ4v) is 2.14. The second kappa shape index (κ2) is 5.95. The molecule has 0 aliphatic heterocycles. The number of carboxylic acid groups (broad SMARTS) is 1. The number of hydrogen-bond donors (Lipinski definition) is 2. The van der Waals surface area contributed by atoms with E-state index in [2.05, 4.69) is 10.3 Å². The van der Waals surface area contributed by atoms with Gasteiger partial charge in [0.2, 0.25) is 0 Å². The standard InChI is InChI=1S/C13H9N3O3S/c14-5-8-1-3-9(4-2-8)6-15-11(17)12-16-10(7-20-12)13(18)19/h1-4,7H,6H2,(H,15,17)(H,18,19). The van der Waals surface area contributed by atoms with Gasteiger partial charge in [0.1, 0.15) is 0 Å². The number of rotatable bonds is 4. The summed E-state index contributed by atoms with van der Waals surface area (Å²) in [5.41, 5.74) is 1.25. The first-order chi connectivity index (χ1) is 9.60. The normalized spacial score (nSPS) is 9.75. The predicted octanol–water partition coefficient (Wildman–Crippen LogP) is 1.64. The molecule has 0 fully saturated rings. The predicted molar refractivity (Wildman–Crippen MR) is 71.4 cm³/mol. The fraction of sp³-hybridized carbons (Fsp3) is 0.0769. The molecule has 0 aliphatic rings. The molecule has 2 N–H and O–H groups in total. The van der Waals surface area contributed by atoms with Crippen LogP contribution >= 0.6 is 11.3 Å². The van der Waals surface area contributed by atoms with Gasteiger partial charge in [0, 0.05) is 11.9 Å². The molecule has 1 aromatic heterocycles. The van der Waals surface area contributed by atoms with Gasteiger partial charge < -0.3 is 10.4 Å². The van der Waals surface area contributed by atoms with Crippen LogP contribution in [0.5, 0.6) is 0 Å². The highest BCUT2D eigenvalue weighted by atomic mass is 32.1. The molecule has 0 aliphatic carbocycles. The van der Waals surface area contributed by atoms with Gasteiger partial charge in [-0.3, -0.25) is 4.79 Å². The highest BCUT2D eigenvalue weighted by Gasteiger charge is 2.14. The molecule has 20 heavy (non-hydrogen) atoms. The van der Waals surface area contributed by atoms with Gasteiger partial charge in [-0.2, -0.15) is 5.26 Å². The number of thiazole rings is 1. The topological polar surface area (TPSA) is 103 Å². The van der Waals surface area contributed by atoms with Crippen molar-refractivity contribution in [2.24, 2.45) is 0 Å². The van der Waals surface area contributed by atoms with Crippen LogP contribution in [0, 0.1) is 11.3 Å². The highest BCUT2D eigenvalue weighted by molar-refractivity contribution is 7.11. The summed E-state index contributed by atoms with van der Waals surface area (Å²) < 4.78 is 0. The smallest absolute Gasteiger partial charge is 0.355 e. The monoisotopic (exact) mass is 287 g/mol. The van der Waals surface area contributed by atoms with Gasteiger partial charge in [-0.05, 0) is 17.7 Å². The second-order valence-electron chi connectivity index (χ2n) is 3.83. The zero-order valence-corrected chi connectivity index (χ0v) is 11.0. The van der Waals surface area contributed by atoms with Crippen molar-refractivity contribution in [3.05, 3.63) is 51.5 Å². The maximum atomic E-state index is 11.8. The van der Waals surface area contributed by atoms with E-state index in [1.807, 2.05) is 6.07 Å². The van der Waals surface area contributed by atoms with E-state index >= 15 is 0 Å². The van der Waals surface area contributed by atoms with Gasteiger partial charge >= 0.3 is 5.97 Å². The van der Waals surface area contributed by atoms with Crippen molar-refractivity contribution >= 4 is 23.2 Å². The lowest BCUT2D eigenvalue weighted by Gasteiger charge is -2.03. The zero-order valence-electron chi connectivity index (χ0n) is 10.2. The Balaban J connectivity index is 1.97. The van der Waals surface area contributed by atoms with Gasteiger partial charge in [-0.1, -0.05) is 12.1 Å². The maximum absolute atomic E-state index is 11.8. The van der Waals surface area contributed by atoms with Crippen LogP contribution in [0.1, 0.15) is 31.4 Å². The lowest BCUT2D eigenvalue weighted by atomic mass is 10.1. The Labute approximate surface area is 118 Å². The number of nitrogens with one attached hydrogen (secondary N) is 1. The average Bonchev–Trinajstić information content (AvgIpc) is 2.95. The van der Waals surface area contributed by atoms with E-state index in [1.54, 1.807) is 24.3 Å². The van der Waals surface area contributed by atoms with E-state index in [1.165, 1.54) is 5.38 Å². The molecule has 7 heteroatoms. The molecule has 0 saturated heterocycles. The van der Waals surface area contributed by atoms with E-state index in [0.29, 0.717) is 5.56 Å². The third-order valence-electron chi connectivity index (χ3n) is 2.45. The number of benzene rings is 1. The number of hydrogen-bond acceptors (Lipinski definition) is 5. The van der Waals surface area contributed by atoms with E-state index in [0.717, 1.165) is 16.9 Å². The molecular formula is C13H9N3O3S. The first kappa shape index (κ1) is 13.7. The summed E-state index contributed by atoms with van der Waals surface area (Å²) in [7, 11) is 0. The number of amides is 1. The minimum Gasteiger partial charge on any atom is -0.476 e. The molecule has 0 saturated carbocycles. The molecule has 0 atom stereocenters. The second-order valence-corrected chi connectivity index (χ2v) is 4.69. The Bertz CT molecular complexity index is 686. The third-order valence-corrected chi connectivity index (χ3v) is 3.29. The lowest BCUT2D eigenvalue weighted by Crippen LogP contribution is -2.22. The van der Waals surface area contributed by atoms with Crippen LogP contribution in [-0.2, 0) is 6.54 Å². The summed E-state index contributed by atoms with van der Waals surface area (Å²) in [5.74, 6) is -1.58. The van der Waals surface area contributed by atoms with Crippen molar-refractivity contribution in [2.75, 3.05) is 0 Å². The van der Waals surface area contributed by atoms with Gasteiger partial charge in [-0.15, -0.1) is 11.3 Å². The quantitative estimate of drug-likeness (QED) is 0.889. The largest absolute Gasteiger partial charge is 0.476 e. The van der Waals surface area contributed by atoms with E-state index in [9.17, 15) is 9.59 Å². The summed E-state index contributed by atoms with van der Waals surface area (Å²) in [6, 6.07) is 8.81. The molecule has 100 valence electrons. The number of carbonyl (C=O) groups is 2. The molecular weight excluding hydrogens is 278 g/mol. The van der Waals surface area contributed by atoms with Crippen LogP contribution in [0.15, 0.2) is 29.6 Å². The Morgan fingerprint density at radius 3 is 2.60 bits per heavy atom. The minimum absolute atomic E-state index is 0.107. The van der Waals surface area contributed by atoms with Crippen molar-refractivity contribution < 1.29 is 14.7 Å². The van der Waals surface area contributed by atoms with Crippen molar-refractivity contribution in [1.29, 1.82) is 5.26 Å². The summed E-state index contributed by atoms with van der Waals surface area (Å²) in [5, 5.41) is 21.5. The Morgan fingerprint density at radius 1 is 1.35 bits per heavy atom. The fourth-order valence-electron chi connectivity index (χ4n) is 1.43. The van der Waals surface area contributed by atoms with Crippen molar-refractivity contribution in [3.8, 4) is 6.07 Å². The summed E-state index contributed by atoms with van der Waals surface area (Å²) >= 11 is 0.980. The lowest BCUT2D eigenvalue weighted by molar-refractivity contribution is 0.0691. The zero-order chi connectivity index (χ0) is 14.5. The molecule has 0 spiro atoms. The average molecular weight is 287 g/mol. The number of carbonyl (C=O) groups excluding carboxylic acids is 1. The maximum Gasteiger partial charge on any atom is 0.355 e. The molecule has 1 heterocycles. The number of aromatic nitrogens is 1. The number of aromatic carboxylic acids is 1. The van der Waals surface area contributed by atoms with Gasteiger partial charge in [0.05, 0.1) is 11.6 Å². The molecule has 6 nitrogen and oxygen atoms in total. The highest BCUT2D eigenvalue weighted by Crippen LogP contribution is 2.10. The van der Waals surface area contributed by atoms with Gasteiger partial charge in [0.15, 0.2) is 10.7 Å². The molecule has 0 bridgehead atoms. The molecule has 0 radical (unpaired) electrons. The summed E-state index contributed by atoms with van der Waals surface area (Å²) in [6.45, 7) is 0.284. The Morgan fingerprint density at radius 2 is 2.05 bits per heavy atom.